The number of carbonyl (C=O) groups excluding carboxylic acids is 1. The minimum Gasteiger partial charge on any atom is -0.350 e. The molecule has 1 heterocycles. The lowest BCUT2D eigenvalue weighted by atomic mass is 10.0. The molecule has 21 heavy (non-hydrogen) atoms. The summed E-state index contributed by atoms with van der Waals surface area (Å²) < 4.78 is 1.99. The molecule has 0 bridgehead atoms. The average Bonchev–Trinajstić information content (AvgIpc) is 2.74. The number of halogens is 1. The van der Waals surface area contributed by atoms with Crippen LogP contribution in [0.3, 0.4) is 0 Å². The van der Waals surface area contributed by atoms with E-state index in [1.807, 2.05) is 55.9 Å². The second-order valence-corrected chi connectivity index (χ2v) is 5.96. The number of rotatable bonds is 2. The Morgan fingerprint density at radius 2 is 1.81 bits per heavy atom. The van der Waals surface area contributed by atoms with Gasteiger partial charge in [-0.05, 0) is 49.2 Å². The maximum absolute atomic E-state index is 12.8. The van der Waals surface area contributed by atoms with E-state index >= 15 is 0 Å². The van der Waals surface area contributed by atoms with E-state index in [1.54, 1.807) is 6.07 Å². The summed E-state index contributed by atoms with van der Waals surface area (Å²) in [6.07, 6.45) is 1.89. The Labute approximate surface area is 129 Å². The van der Waals surface area contributed by atoms with Crippen molar-refractivity contribution in [1.29, 1.82) is 0 Å². The van der Waals surface area contributed by atoms with E-state index in [4.69, 9.17) is 11.6 Å². The summed E-state index contributed by atoms with van der Waals surface area (Å²) in [5, 5.41) is 1.57. The molecule has 0 unspecified atom stereocenters. The smallest absolute Gasteiger partial charge is 0.195 e. The van der Waals surface area contributed by atoms with Crippen LogP contribution in [0.1, 0.15) is 27.0 Å². The molecule has 0 radical (unpaired) electrons. The van der Waals surface area contributed by atoms with Crippen LogP contribution < -0.4 is 0 Å². The Morgan fingerprint density at radius 1 is 1.05 bits per heavy atom. The van der Waals surface area contributed by atoms with Crippen molar-refractivity contribution in [3.05, 3.63) is 69.9 Å². The third-order valence-corrected chi connectivity index (χ3v) is 3.91. The molecule has 3 aromatic rings. The molecule has 0 N–H and O–H groups in total. The average molecular weight is 298 g/mol. The predicted molar refractivity (Wildman–Crippen MR) is 87.3 cm³/mol. The monoisotopic (exact) mass is 297 g/mol. The normalized spacial score (nSPS) is 11.0. The number of aromatic nitrogens is 1. The number of benzene rings is 2. The summed E-state index contributed by atoms with van der Waals surface area (Å²) in [6, 6.07) is 11.6. The first-order chi connectivity index (χ1) is 9.95. The highest BCUT2D eigenvalue weighted by molar-refractivity contribution is 6.31. The number of ketones is 1. The number of hydrogen-bond donors (Lipinski definition) is 0. The van der Waals surface area contributed by atoms with E-state index in [9.17, 15) is 4.79 Å². The molecule has 2 nitrogen and oxygen atoms in total. The van der Waals surface area contributed by atoms with Crippen LogP contribution in [0.4, 0.5) is 0 Å². The van der Waals surface area contributed by atoms with Crippen molar-refractivity contribution in [3.63, 3.8) is 0 Å². The molecule has 0 amide bonds. The SMILES string of the molecule is Cc1cc(Cl)cc(C(=O)c2cn(C)c3cc(C)ccc23)c1. The van der Waals surface area contributed by atoms with Crippen LogP contribution in [0.2, 0.25) is 5.02 Å². The van der Waals surface area contributed by atoms with Crippen molar-refractivity contribution in [2.45, 2.75) is 13.8 Å². The second kappa shape index (κ2) is 5.05. The Bertz CT molecular complexity index is 841. The molecule has 2 aromatic carbocycles. The zero-order valence-electron chi connectivity index (χ0n) is 12.3. The number of nitrogens with zero attached hydrogens (tertiary/aromatic N) is 1. The Hall–Kier alpha value is -2.06. The Morgan fingerprint density at radius 3 is 2.52 bits per heavy atom. The molecule has 0 saturated carbocycles. The summed E-state index contributed by atoms with van der Waals surface area (Å²) in [5.74, 6) is 0.00931. The van der Waals surface area contributed by atoms with Gasteiger partial charge in [-0.15, -0.1) is 0 Å². The molecule has 1 aromatic heterocycles. The molecule has 0 spiro atoms. The van der Waals surface area contributed by atoms with Crippen LogP contribution in [-0.2, 0) is 7.05 Å². The lowest BCUT2D eigenvalue weighted by Crippen LogP contribution is -2.01. The van der Waals surface area contributed by atoms with Gasteiger partial charge < -0.3 is 4.57 Å². The summed E-state index contributed by atoms with van der Waals surface area (Å²) in [5.41, 5.74) is 4.59. The van der Waals surface area contributed by atoms with Gasteiger partial charge in [0.05, 0.1) is 0 Å². The molecule has 0 atom stereocenters. The van der Waals surface area contributed by atoms with Crippen LogP contribution in [0.5, 0.6) is 0 Å². The summed E-state index contributed by atoms with van der Waals surface area (Å²) in [7, 11) is 1.96. The molecule has 106 valence electrons. The number of hydrogen-bond acceptors (Lipinski definition) is 1. The molecule has 0 fully saturated rings. The number of carbonyl (C=O) groups is 1. The van der Waals surface area contributed by atoms with Crippen LogP contribution in [0.25, 0.3) is 10.9 Å². The largest absolute Gasteiger partial charge is 0.350 e. The maximum atomic E-state index is 12.8. The third kappa shape index (κ3) is 2.47. The topological polar surface area (TPSA) is 22.0 Å². The fourth-order valence-electron chi connectivity index (χ4n) is 2.70. The van der Waals surface area contributed by atoms with Gasteiger partial charge in [-0.3, -0.25) is 4.79 Å². The van der Waals surface area contributed by atoms with Gasteiger partial charge in [0, 0.05) is 40.3 Å². The fourth-order valence-corrected chi connectivity index (χ4v) is 2.99. The van der Waals surface area contributed by atoms with Gasteiger partial charge in [0.15, 0.2) is 5.78 Å². The summed E-state index contributed by atoms with van der Waals surface area (Å²) in [6.45, 7) is 3.99. The molecule has 0 aliphatic carbocycles. The van der Waals surface area contributed by atoms with Gasteiger partial charge in [-0.1, -0.05) is 23.7 Å². The molecule has 3 heteroatoms. The fraction of sp³-hybridized carbons (Fsp3) is 0.167. The molecular weight excluding hydrogens is 282 g/mol. The standard InChI is InChI=1S/C18H16ClNO/c1-11-4-5-15-16(10-20(3)17(15)8-11)18(21)13-6-12(2)7-14(19)9-13/h4-10H,1-3H3. The maximum Gasteiger partial charge on any atom is 0.195 e. The van der Waals surface area contributed by atoms with Gasteiger partial charge in [0.1, 0.15) is 0 Å². The summed E-state index contributed by atoms with van der Waals surface area (Å²) in [4.78, 5) is 12.8. The van der Waals surface area contributed by atoms with Gasteiger partial charge in [-0.25, -0.2) is 0 Å². The third-order valence-electron chi connectivity index (χ3n) is 3.70. The van der Waals surface area contributed by atoms with E-state index in [1.165, 1.54) is 5.56 Å². The van der Waals surface area contributed by atoms with Crippen molar-refractivity contribution in [3.8, 4) is 0 Å². The highest BCUT2D eigenvalue weighted by Crippen LogP contribution is 2.25. The molecule has 0 aliphatic rings. The van der Waals surface area contributed by atoms with Crippen molar-refractivity contribution >= 4 is 28.3 Å². The Kier molecular flexibility index (Phi) is 3.34. The van der Waals surface area contributed by atoms with Crippen molar-refractivity contribution in [2.75, 3.05) is 0 Å². The van der Waals surface area contributed by atoms with Crippen LogP contribution in [-0.4, -0.2) is 10.4 Å². The second-order valence-electron chi connectivity index (χ2n) is 5.52. The minimum atomic E-state index is 0.00931. The van der Waals surface area contributed by atoms with Gasteiger partial charge in [0.2, 0.25) is 0 Å². The number of fused-ring (bicyclic) bond motifs is 1. The van der Waals surface area contributed by atoms with Crippen molar-refractivity contribution < 1.29 is 4.79 Å². The summed E-state index contributed by atoms with van der Waals surface area (Å²) >= 11 is 6.07. The van der Waals surface area contributed by atoms with Crippen molar-refractivity contribution in [2.24, 2.45) is 7.05 Å². The predicted octanol–water partition coefficient (Wildman–Crippen LogP) is 4.68. The van der Waals surface area contributed by atoms with Gasteiger partial charge in [0.25, 0.3) is 0 Å². The van der Waals surface area contributed by atoms with E-state index < -0.39 is 0 Å². The Balaban J connectivity index is 2.18. The first-order valence-electron chi connectivity index (χ1n) is 6.83. The van der Waals surface area contributed by atoms with Crippen LogP contribution in [0, 0.1) is 13.8 Å². The first kappa shape index (κ1) is 13.9. The molecule has 0 aliphatic heterocycles. The van der Waals surface area contributed by atoms with Gasteiger partial charge >= 0.3 is 0 Å². The zero-order chi connectivity index (χ0) is 15.1. The van der Waals surface area contributed by atoms with E-state index in [0.717, 1.165) is 16.5 Å². The van der Waals surface area contributed by atoms with E-state index in [0.29, 0.717) is 16.1 Å². The molecule has 3 rings (SSSR count). The molecule has 0 saturated heterocycles. The quantitative estimate of drug-likeness (QED) is 0.630. The molecular formula is C18H16ClNO. The highest BCUT2D eigenvalue weighted by atomic mass is 35.5. The van der Waals surface area contributed by atoms with Crippen molar-refractivity contribution in [1.82, 2.24) is 4.57 Å². The zero-order valence-corrected chi connectivity index (χ0v) is 13.0. The minimum absolute atomic E-state index is 0.00931. The first-order valence-corrected chi connectivity index (χ1v) is 7.21. The van der Waals surface area contributed by atoms with E-state index in [-0.39, 0.29) is 5.78 Å². The lowest BCUT2D eigenvalue weighted by Gasteiger charge is -2.03. The lowest BCUT2D eigenvalue weighted by molar-refractivity contribution is 0.104. The van der Waals surface area contributed by atoms with Crippen LogP contribution >= 0.6 is 11.6 Å². The van der Waals surface area contributed by atoms with E-state index in [2.05, 4.69) is 6.07 Å². The van der Waals surface area contributed by atoms with Gasteiger partial charge in [-0.2, -0.15) is 0 Å². The van der Waals surface area contributed by atoms with Crippen LogP contribution in [0.15, 0.2) is 42.6 Å². The highest BCUT2D eigenvalue weighted by Gasteiger charge is 2.16. The number of aryl methyl sites for hydroxylation is 3.